The van der Waals surface area contributed by atoms with Crippen molar-refractivity contribution in [1.29, 1.82) is 0 Å². The Kier molecular flexibility index (Phi) is 5.69. The van der Waals surface area contributed by atoms with Gasteiger partial charge in [0.25, 0.3) is 14.2 Å². The molecule has 0 spiro atoms. The molecule has 0 atom stereocenters. The number of anilines is 1. The minimum absolute atomic E-state index is 0.00897. The second-order valence-electron chi connectivity index (χ2n) is 10.6. The van der Waals surface area contributed by atoms with Crippen LogP contribution in [0.3, 0.4) is 0 Å². The number of nitrogens with zero attached hydrogens (tertiary/aromatic N) is 2. The molecule has 0 aliphatic carbocycles. The molecule has 1 aliphatic rings. The van der Waals surface area contributed by atoms with Crippen LogP contribution >= 0.6 is 0 Å². The van der Waals surface area contributed by atoms with E-state index in [1.165, 1.54) is 0 Å². The number of ether oxygens (including phenoxy) is 1. The van der Waals surface area contributed by atoms with Crippen molar-refractivity contribution in [2.24, 2.45) is 5.16 Å². The first-order chi connectivity index (χ1) is 12.5. The third-order valence-corrected chi connectivity index (χ3v) is 16.1. The molecule has 1 aromatic rings. The lowest BCUT2D eigenvalue weighted by Crippen LogP contribution is -2.57. The van der Waals surface area contributed by atoms with E-state index in [2.05, 4.69) is 72.9 Å². The molecule has 0 unspecified atom stereocenters. The van der Waals surface area contributed by atoms with Gasteiger partial charge in [0.1, 0.15) is 5.75 Å². The van der Waals surface area contributed by atoms with Crippen LogP contribution in [0.15, 0.2) is 23.4 Å². The number of amides is 1. The third kappa shape index (κ3) is 3.78. The molecule has 2 rings (SSSR count). The average Bonchev–Trinajstić information content (AvgIpc) is 2.81. The average molecular weight is 421 g/mol. The molecule has 1 heterocycles. The maximum atomic E-state index is 13.5. The Balaban J connectivity index is 2.61. The summed E-state index contributed by atoms with van der Waals surface area (Å²) in [5.74, 6) is 0.650. The fourth-order valence-corrected chi connectivity index (χ4v) is 5.31. The van der Waals surface area contributed by atoms with Gasteiger partial charge >= 0.3 is 0 Å². The Morgan fingerprint density at radius 3 is 2.00 bits per heavy atom. The quantitative estimate of drug-likeness (QED) is 0.459. The summed E-state index contributed by atoms with van der Waals surface area (Å²) in [7, 11) is -2.65. The molecular weight excluding hydrogens is 384 g/mol. The van der Waals surface area contributed by atoms with Crippen molar-refractivity contribution in [1.82, 2.24) is 0 Å². The standard InChI is InChI=1S/C21H36N2O3Si2/c1-20(2,3)27(8,9)23-17-13-12-15(25-7)14-16(17)18(19(23)24)22-26-28(10,11)21(4,5)6/h12-14H,1-11H3/b22-18+. The van der Waals surface area contributed by atoms with E-state index in [9.17, 15) is 4.79 Å². The summed E-state index contributed by atoms with van der Waals surface area (Å²) in [6, 6.07) is 5.78. The Hall–Kier alpha value is -1.61. The summed E-state index contributed by atoms with van der Waals surface area (Å²) >= 11 is 0. The molecule has 1 aliphatic heterocycles. The van der Waals surface area contributed by atoms with E-state index in [1.54, 1.807) is 7.11 Å². The first-order valence-electron chi connectivity index (χ1n) is 9.84. The Morgan fingerprint density at radius 2 is 1.54 bits per heavy atom. The largest absolute Gasteiger partial charge is 0.497 e. The Labute approximate surface area is 172 Å². The summed E-state index contributed by atoms with van der Waals surface area (Å²) < 4.78 is 13.5. The highest BCUT2D eigenvalue weighted by Crippen LogP contribution is 2.45. The molecule has 0 radical (unpaired) electrons. The van der Waals surface area contributed by atoms with Gasteiger partial charge in [0.05, 0.1) is 7.11 Å². The molecular formula is C21H36N2O3Si2. The number of oxime groups is 1. The predicted octanol–water partition coefficient (Wildman–Crippen LogP) is 5.77. The van der Waals surface area contributed by atoms with Crippen LogP contribution in [0.25, 0.3) is 0 Å². The maximum Gasteiger partial charge on any atom is 0.286 e. The maximum absolute atomic E-state index is 13.5. The van der Waals surface area contributed by atoms with E-state index in [1.807, 2.05) is 22.8 Å². The molecule has 156 valence electrons. The van der Waals surface area contributed by atoms with Gasteiger partial charge in [-0.3, -0.25) is 4.79 Å². The minimum atomic E-state index is -2.15. The van der Waals surface area contributed by atoms with E-state index >= 15 is 0 Å². The van der Waals surface area contributed by atoms with E-state index < -0.39 is 16.6 Å². The van der Waals surface area contributed by atoms with Gasteiger partial charge in [-0.1, -0.05) is 59.8 Å². The summed E-state index contributed by atoms with van der Waals surface area (Å²) in [4.78, 5) is 13.5. The van der Waals surface area contributed by atoms with Crippen molar-refractivity contribution in [2.45, 2.75) is 77.8 Å². The monoisotopic (exact) mass is 420 g/mol. The molecule has 0 saturated carbocycles. The van der Waals surface area contributed by atoms with Crippen LogP contribution in [0.4, 0.5) is 5.69 Å². The molecule has 0 saturated heterocycles. The fraction of sp³-hybridized carbons (Fsp3) is 0.619. The van der Waals surface area contributed by atoms with Gasteiger partial charge in [0.15, 0.2) is 13.9 Å². The van der Waals surface area contributed by atoms with Crippen molar-refractivity contribution in [3.05, 3.63) is 23.8 Å². The first kappa shape index (κ1) is 22.7. The summed E-state index contributed by atoms with van der Waals surface area (Å²) in [5.41, 5.74) is 2.10. The van der Waals surface area contributed by atoms with Crippen molar-refractivity contribution in [3.63, 3.8) is 0 Å². The highest BCUT2D eigenvalue weighted by Gasteiger charge is 2.50. The molecule has 28 heavy (non-hydrogen) atoms. The molecule has 5 nitrogen and oxygen atoms in total. The van der Waals surface area contributed by atoms with Crippen LogP contribution in [0.1, 0.15) is 47.1 Å². The smallest absolute Gasteiger partial charge is 0.286 e. The molecule has 7 heteroatoms. The first-order valence-corrected chi connectivity index (χ1v) is 15.7. The number of carbonyl (C=O) groups excluding carboxylic acids is 1. The van der Waals surface area contributed by atoms with E-state index in [0.717, 1.165) is 11.3 Å². The zero-order chi connectivity index (χ0) is 21.7. The second-order valence-corrected chi connectivity index (χ2v) is 20.4. The molecule has 1 amide bonds. The highest BCUT2D eigenvalue weighted by molar-refractivity contribution is 6.90. The van der Waals surface area contributed by atoms with Gasteiger partial charge in [0.2, 0.25) is 0 Å². The molecule has 0 aromatic heterocycles. The van der Waals surface area contributed by atoms with E-state index in [-0.39, 0.29) is 16.0 Å². The SMILES string of the molecule is COc1ccc2c(c1)/C(=N\O[Si](C)(C)C(C)(C)C)C(=O)N2[Si](C)(C)C(C)(C)C. The number of hydrogen-bond acceptors (Lipinski definition) is 4. The lowest BCUT2D eigenvalue weighted by molar-refractivity contribution is -0.111. The summed E-state index contributed by atoms with van der Waals surface area (Å²) in [6.45, 7) is 21.8. The summed E-state index contributed by atoms with van der Waals surface area (Å²) in [5, 5.41) is 4.48. The minimum Gasteiger partial charge on any atom is -0.497 e. The molecule has 0 bridgehead atoms. The van der Waals surface area contributed by atoms with Gasteiger partial charge in [0, 0.05) is 11.3 Å². The Morgan fingerprint density at radius 1 is 0.964 bits per heavy atom. The van der Waals surface area contributed by atoms with Crippen molar-refractivity contribution in [3.8, 4) is 5.75 Å². The molecule has 1 aromatic carbocycles. The van der Waals surface area contributed by atoms with Crippen LogP contribution in [0, 0.1) is 0 Å². The topological polar surface area (TPSA) is 51.1 Å². The molecule has 0 N–H and O–H groups in total. The normalized spacial score (nSPS) is 17.2. The van der Waals surface area contributed by atoms with Crippen LogP contribution in [-0.2, 0) is 9.32 Å². The van der Waals surface area contributed by atoms with Crippen LogP contribution in [0.5, 0.6) is 5.75 Å². The number of benzene rings is 1. The number of carbonyl (C=O) groups is 1. The Bertz CT molecular complexity index is 803. The highest BCUT2D eigenvalue weighted by atomic mass is 28.4. The van der Waals surface area contributed by atoms with Gasteiger partial charge in [-0.05, 0) is 41.4 Å². The number of rotatable bonds is 4. The number of methoxy groups -OCH3 is 1. The molecule has 0 fully saturated rings. The van der Waals surface area contributed by atoms with Gasteiger partial charge in [-0.25, -0.2) is 0 Å². The van der Waals surface area contributed by atoms with Crippen LogP contribution < -0.4 is 9.30 Å². The summed E-state index contributed by atoms with van der Waals surface area (Å²) in [6.07, 6.45) is 0. The lowest BCUT2D eigenvalue weighted by atomic mass is 10.1. The van der Waals surface area contributed by atoms with Gasteiger partial charge in [-0.15, -0.1) is 0 Å². The zero-order valence-electron chi connectivity index (χ0n) is 19.4. The van der Waals surface area contributed by atoms with Crippen molar-refractivity contribution in [2.75, 3.05) is 11.7 Å². The number of hydrogen-bond donors (Lipinski definition) is 0. The van der Waals surface area contributed by atoms with Crippen LogP contribution in [-0.4, -0.2) is 35.3 Å². The van der Waals surface area contributed by atoms with Crippen LogP contribution in [0.2, 0.25) is 36.3 Å². The number of fused-ring (bicyclic) bond motifs is 1. The third-order valence-electron chi connectivity index (χ3n) is 6.67. The van der Waals surface area contributed by atoms with Crippen molar-refractivity contribution < 1.29 is 14.1 Å². The lowest BCUT2D eigenvalue weighted by Gasteiger charge is -2.43. The fourth-order valence-electron chi connectivity index (χ4n) is 2.63. The van der Waals surface area contributed by atoms with E-state index in [0.29, 0.717) is 11.5 Å². The van der Waals surface area contributed by atoms with Gasteiger partial charge < -0.3 is 13.8 Å². The van der Waals surface area contributed by atoms with Crippen molar-refractivity contribution >= 4 is 33.9 Å². The van der Waals surface area contributed by atoms with Gasteiger partial charge in [-0.2, -0.15) is 0 Å². The predicted molar refractivity (Wildman–Crippen MR) is 122 cm³/mol. The zero-order valence-corrected chi connectivity index (χ0v) is 21.4. The van der Waals surface area contributed by atoms with E-state index in [4.69, 9.17) is 9.26 Å². The second kappa shape index (κ2) is 7.02.